The molecule has 1 saturated carbocycles. The molecule has 0 spiro atoms. The molecule has 116 valence electrons. The summed E-state index contributed by atoms with van der Waals surface area (Å²) in [6, 6.07) is 10.8. The fraction of sp³-hybridized carbons (Fsp3) is 0.529. The van der Waals surface area contributed by atoms with Gasteiger partial charge in [0, 0.05) is 6.54 Å². The average molecular weight is 298 g/mol. The molecule has 1 aromatic heterocycles. The van der Waals surface area contributed by atoms with Gasteiger partial charge >= 0.3 is 0 Å². The molecule has 1 aromatic carbocycles. The number of benzene rings is 1. The molecule has 5 heteroatoms. The van der Waals surface area contributed by atoms with Crippen molar-refractivity contribution in [3.8, 4) is 0 Å². The Morgan fingerprint density at radius 2 is 2.05 bits per heavy atom. The molecule has 1 aliphatic heterocycles. The van der Waals surface area contributed by atoms with Gasteiger partial charge in [-0.3, -0.25) is 4.90 Å². The van der Waals surface area contributed by atoms with E-state index in [1.807, 2.05) is 0 Å². The molecule has 2 heterocycles. The van der Waals surface area contributed by atoms with E-state index in [2.05, 4.69) is 45.4 Å². The maximum Gasteiger partial charge on any atom is 0.244 e. The lowest BCUT2D eigenvalue weighted by molar-refractivity contribution is 0.198. The highest BCUT2D eigenvalue weighted by Crippen LogP contribution is 2.39. The van der Waals surface area contributed by atoms with Gasteiger partial charge in [-0.15, -0.1) is 0 Å². The Labute approximate surface area is 130 Å². The van der Waals surface area contributed by atoms with E-state index in [4.69, 9.17) is 10.3 Å². The number of aromatic nitrogens is 2. The van der Waals surface area contributed by atoms with Crippen molar-refractivity contribution in [2.75, 3.05) is 6.54 Å². The second-order valence-corrected chi connectivity index (χ2v) is 6.58. The number of likely N-dealkylation sites (tertiary alicyclic amines) is 1. The molecule has 1 atom stereocenters. The summed E-state index contributed by atoms with van der Waals surface area (Å²) in [5, 5.41) is 4.16. The van der Waals surface area contributed by atoms with Crippen molar-refractivity contribution in [2.24, 2.45) is 5.73 Å². The SMILES string of the molecule is NC1(c2noc(C3CCCN3Cc3ccccc3)n2)CCC1. The molecular formula is C17H22N4O. The Bertz CT molecular complexity index is 635. The number of nitrogens with two attached hydrogens (primary N) is 1. The van der Waals surface area contributed by atoms with Crippen LogP contribution >= 0.6 is 0 Å². The van der Waals surface area contributed by atoms with E-state index in [9.17, 15) is 0 Å². The first-order chi connectivity index (χ1) is 10.7. The fourth-order valence-electron chi connectivity index (χ4n) is 3.47. The molecule has 2 aromatic rings. The quantitative estimate of drug-likeness (QED) is 0.940. The minimum absolute atomic E-state index is 0.227. The van der Waals surface area contributed by atoms with Crippen molar-refractivity contribution < 1.29 is 4.52 Å². The second kappa shape index (κ2) is 5.48. The van der Waals surface area contributed by atoms with Crippen LogP contribution in [0.25, 0.3) is 0 Å². The van der Waals surface area contributed by atoms with E-state index in [0.717, 1.165) is 44.7 Å². The van der Waals surface area contributed by atoms with Crippen molar-refractivity contribution in [2.45, 2.75) is 50.2 Å². The van der Waals surface area contributed by atoms with Crippen molar-refractivity contribution in [1.82, 2.24) is 15.0 Å². The van der Waals surface area contributed by atoms with E-state index < -0.39 is 0 Å². The zero-order chi connectivity index (χ0) is 15.0. The summed E-state index contributed by atoms with van der Waals surface area (Å²) in [6.07, 6.45) is 5.33. The lowest BCUT2D eigenvalue weighted by Gasteiger charge is -2.34. The largest absolute Gasteiger partial charge is 0.338 e. The van der Waals surface area contributed by atoms with Crippen molar-refractivity contribution in [3.63, 3.8) is 0 Å². The van der Waals surface area contributed by atoms with Gasteiger partial charge in [-0.2, -0.15) is 4.98 Å². The average Bonchev–Trinajstić information content (AvgIpc) is 3.14. The van der Waals surface area contributed by atoms with Crippen LogP contribution in [0.2, 0.25) is 0 Å². The maximum absolute atomic E-state index is 6.30. The van der Waals surface area contributed by atoms with Gasteiger partial charge in [0.25, 0.3) is 0 Å². The van der Waals surface area contributed by atoms with Crippen molar-refractivity contribution in [3.05, 3.63) is 47.6 Å². The van der Waals surface area contributed by atoms with Gasteiger partial charge in [0.15, 0.2) is 5.82 Å². The highest BCUT2D eigenvalue weighted by atomic mass is 16.5. The lowest BCUT2D eigenvalue weighted by atomic mass is 9.77. The van der Waals surface area contributed by atoms with Crippen LogP contribution in [0.5, 0.6) is 0 Å². The molecule has 5 nitrogen and oxygen atoms in total. The van der Waals surface area contributed by atoms with Crippen LogP contribution in [0.15, 0.2) is 34.9 Å². The number of hydrogen-bond donors (Lipinski definition) is 1. The molecule has 1 unspecified atom stereocenters. The Hall–Kier alpha value is -1.72. The van der Waals surface area contributed by atoms with Gasteiger partial charge in [-0.1, -0.05) is 35.5 Å². The highest BCUT2D eigenvalue weighted by Gasteiger charge is 2.40. The van der Waals surface area contributed by atoms with Crippen LogP contribution in [0, 0.1) is 0 Å². The van der Waals surface area contributed by atoms with E-state index in [0.29, 0.717) is 5.82 Å². The van der Waals surface area contributed by atoms with Crippen LogP contribution in [0.4, 0.5) is 0 Å². The van der Waals surface area contributed by atoms with Crippen LogP contribution < -0.4 is 5.73 Å². The van der Waals surface area contributed by atoms with E-state index in [1.54, 1.807) is 0 Å². The number of nitrogens with zero attached hydrogens (tertiary/aromatic N) is 3. The summed E-state index contributed by atoms with van der Waals surface area (Å²) in [4.78, 5) is 7.06. The molecule has 2 fully saturated rings. The predicted octanol–water partition coefficient (Wildman–Crippen LogP) is 2.74. The third-order valence-electron chi connectivity index (χ3n) is 5.01. The second-order valence-electron chi connectivity index (χ2n) is 6.58. The monoisotopic (exact) mass is 298 g/mol. The molecule has 0 bridgehead atoms. The van der Waals surface area contributed by atoms with Gasteiger partial charge in [-0.05, 0) is 44.2 Å². The molecule has 2 aliphatic rings. The number of rotatable bonds is 4. The molecule has 0 amide bonds. The third-order valence-corrected chi connectivity index (χ3v) is 5.01. The minimum Gasteiger partial charge on any atom is -0.338 e. The first-order valence-corrected chi connectivity index (χ1v) is 8.16. The minimum atomic E-state index is -0.343. The zero-order valence-corrected chi connectivity index (χ0v) is 12.7. The highest BCUT2D eigenvalue weighted by molar-refractivity contribution is 5.15. The Morgan fingerprint density at radius 1 is 1.23 bits per heavy atom. The molecule has 22 heavy (non-hydrogen) atoms. The Morgan fingerprint density at radius 3 is 2.77 bits per heavy atom. The number of hydrogen-bond acceptors (Lipinski definition) is 5. The van der Waals surface area contributed by atoms with Crippen LogP contribution in [0.1, 0.15) is 55.4 Å². The summed E-state index contributed by atoms with van der Waals surface area (Å²) in [5.41, 5.74) is 7.28. The lowest BCUT2D eigenvalue weighted by Crippen LogP contribution is -2.44. The van der Waals surface area contributed by atoms with Gasteiger partial charge in [0.05, 0.1) is 11.6 Å². The first-order valence-electron chi connectivity index (χ1n) is 8.16. The Kier molecular flexibility index (Phi) is 3.47. The van der Waals surface area contributed by atoms with Crippen molar-refractivity contribution in [1.29, 1.82) is 0 Å². The van der Waals surface area contributed by atoms with E-state index >= 15 is 0 Å². The van der Waals surface area contributed by atoms with E-state index in [-0.39, 0.29) is 11.6 Å². The van der Waals surface area contributed by atoms with Gasteiger partial charge < -0.3 is 10.3 Å². The van der Waals surface area contributed by atoms with E-state index in [1.165, 1.54) is 12.0 Å². The third kappa shape index (κ3) is 2.44. The summed E-state index contributed by atoms with van der Waals surface area (Å²) in [6.45, 7) is 2.00. The van der Waals surface area contributed by atoms with Crippen LogP contribution in [-0.2, 0) is 12.1 Å². The van der Waals surface area contributed by atoms with Gasteiger partial charge in [-0.25, -0.2) is 0 Å². The van der Waals surface area contributed by atoms with Gasteiger partial charge in [0.2, 0.25) is 5.89 Å². The maximum atomic E-state index is 6.30. The Balaban J connectivity index is 1.51. The molecular weight excluding hydrogens is 276 g/mol. The van der Waals surface area contributed by atoms with Gasteiger partial charge in [0.1, 0.15) is 0 Å². The molecule has 0 radical (unpaired) electrons. The molecule has 2 N–H and O–H groups in total. The molecule has 4 rings (SSSR count). The summed E-state index contributed by atoms with van der Waals surface area (Å²) >= 11 is 0. The zero-order valence-electron chi connectivity index (χ0n) is 12.7. The summed E-state index contributed by atoms with van der Waals surface area (Å²) in [5.74, 6) is 1.43. The summed E-state index contributed by atoms with van der Waals surface area (Å²) < 4.78 is 5.56. The normalized spacial score (nSPS) is 24.3. The topological polar surface area (TPSA) is 68.2 Å². The first kappa shape index (κ1) is 13.9. The molecule has 1 saturated heterocycles. The summed E-state index contributed by atoms with van der Waals surface area (Å²) in [7, 11) is 0. The fourth-order valence-corrected chi connectivity index (χ4v) is 3.47. The van der Waals surface area contributed by atoms with Crippen molar-refractivity contribution >= 4 is 0 Å². The molecule has 1 aliphatic carbocycles. The predicted molar refractivity (Wildman–Crippen MR) is 82.8 cm³/mol. The van der Waals surface area contributed by atoms with Crippen LogP contribution in [-0.4, -0.2) is 21.6 Å². The smallest absolute Gasteiger partial charge is 0.244 e. The standard InChI is InChI=1S/C17H22N4O/c18-17(9-5-10-17)16-19-15(22-20-16)14-8-4-11-21(14)12-13-6-2-1-3-7-13/h1-3,6-7,14H,4-5,8-12,18H2. The van der Waals surface area contributed by atoms with Crippen LogP contribution in [0.3, 0.4) is 0 Å².